The van der Waals surface area contributed by atoms with Crippen molar-refractivity contribution in [2.24, 2.45) is 5.73 Å². The number of urea groups is 1. The molecule has 0 unspecified atom stereocenters. The molecule has 0 radical (unpaired) electrons. The summed E-state index contributed by atoms with van der Waals surface area (Å²) in [6.07, 6.45) is 4.33. The van der Waals surface area contributed by atoms with E-state index >= 15 is 0 Å². The Kier molecular flexibility index (Phi) is 6.85. The molecule has 2 heterocycles. The Bertz CT molecular complexity index is 740. The highest BCUT2D eigenvalue weighted by molar-refractivity contribution is 5.97. The Morgan fingerprint density at radius 3 is 2.61 bits per heavy atom. The van der Waals surface area contributed by atoms with E-state index in [0.29, 0.717) is 0 Å². The van der Waals surface area contributed by atoms with Crippen LogP contribution in [-0.2, 0) is 9.59 Å². The number of carbonyl (C=O) groups is 4. The third-order valence-corrected chi connectivity index (χ3v) is 4.15. The summed E-state index contributed by atoms with van der Waals surface area (Å²) in [5.74, 6) is -1.58. The van der Waals surface area contributed by atoms with Gasteiger partial charge in [0, 0.05) is 32.0 Å². The molecular formula is C17H25N7O4. The van der Waals surface area contributed by atoms with Crippen LogP contribution in [0.2, 0.25) is 0 Å². The Hall–Kier alpha value is -3.24. The molecule has 11 nitrogen and oxygen atoms in total. The molecule has 0 aromatic carbocycles. The minimum absolute atomic E-state index is 0.0575. The van der Waals surface area contributed by atoms with Gasteiger partial charge in [0.15, 0.2) is 0 Å². The van der Waals surface area contributed by atoms with Gasteiger partial charge < -0.3 is 26.2 Å². The van der Waals surface area contributed by atoms with E-state index < -0.39 is 29.8 Å². The van der Waals surface area contributed by atoms with Crippen LogP contribution in [0.4, 0.5) is 4.79 Å². The van der Waals surface area contributed by atoms with Gasteiger partial charge in [-0.3, -0.25) is 19.4 Å². The number of nitrogens with one attached hydrogen (secondary N) is 2. The standard InChI is InChI=1S/C17H25N7O4/c1-10(2)21-17(28)22-11-6-13(16(27)23(3)9-14(18)25)24(8-11)15(26)12-7-19-4-5-20-12/h4-5,7,10-11,13H,6,8-9H2,1-3H3,(H2,18,25)(H2,21,22,28)/t11-,13+/m1/s1. The molecule has 0 saturated carbocycles. The lowest BCUT2D eigenvalue weighted by Crippen LogP contribution is -2.48. The fourth-order valence-corrected chi connectivity index (χ4v) is 3.01. The van der Waals surface area contributed by atoms with Gasteiger partial charge in [-0.05, 0) is 20.3 Å². The van der Waals surface area contributed by atoms with Gasteiger partial charge in [-0.25, -0.2) is 9.78 Å². The molecule has 2 atom stereocenters. The van der Waals surface area contributed by atoms with Crippen LogP contribution in [0.15, 0.2) is 18.6 Å². The van der Waals surface area contributed by atoms with Gasteiger partial charge in [-0.15, -0.1) is 0 Å². The van der Waals surface area contributed by atoms with E-state index in [2.05, 4.69) is 20.6 Å². The molecule has 1 fully saturated rings. The summed E-state index contributed by atoms with van der Waals surface area (Å²) in [5.41, 5.74) is 5.25. The summed E-state index contributed by atoms with van der Waals surface area (Å²) < 4.78 is 0. The van der Waals surface area contributed by atoms with Crippen molar-refractivity contribution >= 4 is 23.8 Å². The SMILES string of the molecule is CC(C)NC(=O)N[C@@H]1C[C@@H](C(=O)N(C)CC(N)=O)N(C(=O)c2cnccn2)C1. The number of hydrogen-bond donors (Lipinski definition) is 3. The lowest BCUT2D eigenvalue weighted by molar-refractivity contribution is -0.137. The van der Waals surface area contributed by atoms with Crippen molar-refractivity contribution in [2.75, 3.05) is 20.1 Å². The highest BCUT2D eigenvalue weighted by Crippen LogP contribution is 2.22. The van der Waals surface area contributed by atoms with Crippen LogP contribution in [0.25, 0.3) is 0 Å². The van der Waals surface area contributed by atoms with Crippen LogP contribution in [-0.4, -0.2) is 81.8 Å². The van der Waals surface area contributed by atoms with Gasteiger partial charge in [0.05, 0.1) is 18.8 Å². The molecule has 152 valence electrons. The Balaban J connectivity index is 2.19. The summed E-state index contributed by atoms with van der Waals surface area (Å²) in [7, 11) is 1.43. The van der Waals surface area contributed by atoms with Gasteiger partial charge in [0.2, 0.25) is 11.8 Å². The summed E-state index contributed by atoms with van der Waals surface area (Å²) in [4.78, 5) is 59.2. The predicted molar refractivity (Wildman–Crippen MR) is 98.9 cm³/mol. The first-order chi connectivity index (χ1) is 13.2. The van der Waals surface area contributed by atoms with Crippen LogP contribution in [0.3, 0.4) is 0 Å². The van der Waals surface area contributed by atoms with E-state index in [4.69, 9.17) is 5.73 Å². The van der Waals surface area contributed by atoms with Crippen LogP contribution in [0.5, 0.6) is 0 Å². The molecule has 2 rings (SSSR count). The smallest absolute Gasteiger partial charge is 0.315 e. The van der Waals surface area contributed by atoms with Crippen LogP contribution < -0.4 is 16.4 Å². The van der Waals surface area contributed by atoms with E-state index in [9.17, 15) is 19.2 Å². The number of nitrogens with two attached hydrogens (primary N) is 1. The number of rotatable bonds is 6. The van der Waals surface area contributed by atoms with Gasteiger partial charge in [0.1, 0.15) is 11.7 Å². The normalized spacial score (nSPS) is 18.6. The number of likely N-dealkylation sites (tertiary alicyclic amines) is 1. The molecule has 4 N–H and O–H groups in total. The Labute approximate surface area is 162 Å². The first-order valence-electron chi connectivity index (χ1n) is 8.86. The zero-order chi connectivity index (χ0) is 20.8. The molecule has 1 aromatic heterocycles. The fourth-order valence-electron chi connectivity index (χ4n) is 3.01. The molecule has 0 aliphatic carbocycles. The number of primary amides is 1. The number of aromatic nitrogens is 2. The number of nitrogens with zero attached hydrogens (tertiary/aromatic N) is 4. The van der Waals surface area contributed by atoms with Crippen LogP contribution in [0, 0.1) is 0 Å². The molecule has 28 heavy (non-hydrogen) atoms. The van der Waals surface area contributed by atoms with Crippen LogP contribution >= 0.6 is 0 Å². The highest BCUT2D eigenvalue weighted by atomic mass is 16.2. The van der Waals surface area contributed by atoms with Gasteiger partial charge in [0.25, 0.3) is 5.91 Å². The highest BCUT2D eigenvalue weighted by Gasteiger charge is 2.42. The first-order valence-corrected chi connectivity index (χ1v) is 8.86. The maximum Gasteiger partial charge on any atom is 0.315 e. The topological polar surface area (TPSA) is 151 Å². The number of carbonyl (C=O) groups excluding carboxylic acids is 4. The Morgan fingerprint density at radius 1 is 1.32 bits per heavy atom. The molecule has 1 aliphatic heterocycles. The minimum Gasteiger partial charge on any atom is -0.368 e. The lowest BCUT2D eigenvalue weighted by Gasteiger charge is -2.26. The van der Waals surface area contributed by atoms with Gasteiger partial charge >= 0.3 is 6.03 Å². The van der Waals surface area contributed by atoms with Gasteiger partial charge in [-0.2, -0.15) is 0 Å². The molecule has 1 aliphatic rings. The second-order valence-corrected chi connectivity index (χ2v) is 6.93. The van der Waals surface area contributed by atoms with Crippen molar-refractivity contribution in [1.82, 2.24) is 30.4 Å². The third-order valence-electron chi connectivity index (χ3n) is 4.15. The third kappa shape index (κ3) is 5.38. The van der Waals surface area contributed by atoms with Crippen molar-refractivity contribution in [3.63, 3.8) is 0 Å². The molecular weight excluding hydrogens is 366 g/mol. The van der Waals surface area contributed by atoms with E-state index in [1.54, 1.807) is 0 Å². The summed E-state index contributed by atoms with van der Waals surface area (Å²) in [5, 5.41) is 5.47. The second-order valence-electron chi connectivity index (χ2n) is 6.93. The number of amides is 5. The largest absolute Gasteiger partial charge is 0.368 e. The van der Waals surface area contributed by atoms with Crippen molar-refractivity contribution in [1.29, 1.82) is 0 Å². The summed E-state index contributed by atoms with van der Waals surface area (Å²) >= 11 is 0. The van der Waals surface area contributed by atoms with Gasteiger partial charge in [-0.1, -0.05) is 0 Å². The number of hydrogen-bond acceptors (Lipinski definition) is 6. The second kappa shape index (κ2) is 9.11. The van der Waals surface area contributed by atoms with Crippen molar-refractivity contribution < 1.29 is 19.2 Å². The zero-order valence-corrected chi connectivity index (χ0v) is 16.1. The number of likely N-dealkylation sites (N-methyl/N-ethyl adjacent to an activating group) is 1. The van der Waals surface area contributed by atoms with Crippen molar-refractivity contribution in [2.45, 2.75) is 38.4 Å². The molecule has 11 heteroatoms. The van der Waals surface area contributed by atoms with Crippen molar-refractivity contribution in [3.05, 3.63) is 24.3 Å². The van der Waals surface area contributed by atoms with E-state index in [-0.39, 0.29) is 37.3 Å². The van der Waals surface area contributed by atoms with E-state index in [1.807, 2.05) is 13.8 Å². The quantitative estimate of drug-likeness (QED) is 0.549. The minimum atomic E-state index is -0.858. The molecule has 0 bridgehead atoms. The molecule has 0 spiro atoms. The molecule has 1 aromatic rings. The molecule has 5 amide bonds. The van der Waals surface area contributed by atoms with Crippen molar-refractivity contribution in [3.8, 4) is 0 Å². The fraction of sp³-hybridized carbons (Fsp3) is 0.529. The van der Waals surface area contributed by atoms with E-state index in [0.717, 1.165) is 0 Å². The lowest BCUT2D eigenvalue weighted by atomic mass is 10.1. The first kappa shape index (κ1) is 21.1. The zero-order valence-electron chi connectivity index (χ0n) is 16.1. The average molecular weight is 391 g/mol. The van der Waals surface area contributed by atoms with E-state index in [1.165, 1.54) is 35.4 Å². The maximum atomic E-state index is 12.8. The monoisotopic (exact) mass is 391 g/mol. The molecule has 1 saturated heterocycles. The summed E-state index contributed by atoms with van der Waals surface area (Å²) in [6, 6.07) is -1.73. The van der Waals surface area contributed by atoms with Crippen LogP contribution in [0.1, 0.15) is 30.8 Å². The Morgan fingerprint density at radius 2 is 2.04 bits per heavy atom. The average Bonchev–Trinajstić information content (AvgIpc) is 3.03. The summed E-state index contributed by atoms with van der Waals surface area (Å²) in [6.45, 7) is 3.50. The maximum absolute atomic E-state index is 12.8. The predicted octanol–water partition coefficient (Wildman–Crippen LogP) is -1.29.